The van der Waals surface area contributed by atoms with Gasteiger partial charge in [-0.15, -0.1) is 0 Å². The van der Waals surface area contributed by atoms with Gasteiger partial charge in [-0.3, -0.25) is 9.59 Å². The van der Waals surface area contributed by atoms with E-state index in [-0.39, 0.29) is 5.91 Å². The van der Waals surface area contributed by atoms with E-state index in [9.17, 15) is 9.59 Å². The van der Waals surface area contributed by atoms with Crippen LogP contribution in [0.15, 0.2) is 48.5 Å². The van der Waals surface area contributed by atoms with Crippen molar-refractivity contribution in [2.24, 2.45) is 5.73 Å². The van der Waals surface area contributed by atoms with Gasteiger partial charge in [0.2, 0.25) is 11.8 Å². The van der Waals surface area contributed by atoms with Crippen LogP contribution in [0, 0.1) is 0 Å². The molecule has 124 valence electrons. The molecular weight excluding hydrogens is 308 g/mol. The fourth-order valence-electron chi connectivity index (χ4n) is 2.00. The molecule has 2 aromatic rings. The molecule has 0 aliphatic heterocycles. The van der Waals surface area contributed by atoms with E-state index in [1.54, 1.807) is 62.8 Å². The fraction of sp³-hybridized carbons (Fsp3) is 0.111. The minimum absolute atomic E-state index is 0.302. The number of ether oxygens (including phenoxy) is 2. The molecule has 0 bridgehead atoms. The van der Waals surface area contributed by atoms with Crippen molar-refractivity contribution in [2.45, 2.75) is 0 Å². The van der Waals surface area contributed by atoms with E-state index in [0.29, 0.717) is 22.7 Å². The molecule has 24 heavy (non-hydrogen) atoms. The molecule has 6 nitrogen and oxygen atoms in total. The van der Waals surface area contributed by atoms with E-state index in [1.807, 2.05) is 0 Å². The van der Waals surface area contributed by atoms with Crippen LogP contribution in [-0.4, -0.2) is 26.0 Å². The van der Waals surface area contributed by atoms with Gasteiger partial charge in [-0.2, -0.15) is 0 Å². The molecule has 0 saturated heterocycles. The Hall–Kier alpha value is -3.28. The summed E-state index contributed by atoms with van der Waals surface area (Å²) in [5, 5.41) is 2.70. The average Bonchev–Trinajstić information content (AvgIpc) is 2.60. The molecule has 2 amide bonds. The number of primary amides is 1. The summed E-state index contributed by atoms with van der Waals surface area (Å²) in [5.74, 6) is 0.455. The molecule has 0 spiro atoms. The Labute approximate surface area is 139 Å². The van der Waals surface area contributed by atoms with Crippen LogP contribution in [0.3, 0.4) is 0 Å². The minimum atomic E-state index is -0.514. The number of methoxy groups -OCH3 is 2. The first-order valence-electron chi connectivity index (χ1n) is 7.14. The standard InChI is InChI=1S/C18H18N2O4/c1-23-15-9-12(10-16(11-15)24-2)3-8-17(21)20-14-6-4-13(5-7-14)18(19)22/h3-11H,1-2H3,(H2,19,22)(H,20,21). The SMILES string of the molecule is COc1cc(C=CC(=O)Nc2ccc(C(N)=O)cc2)cc(OC)c1. The quantitative estimate of drug-likeness (QED) is 0.798. The van der Waals surface area contributed by atoms with Crippen LogP contribution in [0.5, 0.6) is 11.5 Å². The summed E-state index contributed by atoms with van der Waals surface area (Å²) >= 11 is 0. The van der Waals surface area contributed by atoms with Crippen LogP contribution >= 0.6 is 0 Å². The Morgan fingerprint density at radius 3 is 2.08 bits per heavy atom. The summed E-state index contributed by atoms with van der Waals surface area (Å²) in [6.45, 7) is 0. The highest BCUT2D eigenvalue weighted by molar-refractivity contribution is 6.02. The molecule has 6 heteroatoms. The molecule has 0 aliphatic carbocycles. The van der Waals surface area contributed by atoms with E-state index in [2.05, 4.69) is 5.32 Å². The van der Waals surface area contributed by atoms with Crippen molar-refractivity contribution in [2.75, 3.05) is 19.5 Å². The van der Waals surface area contributed by atoms with Gasteiger partial charge >= 0.3 is 0 Å². The number of nitrogens with two attached hydrogens (primary N) is 1. The molecule has 0 saturated carbocycles. The van der Waals surface area contributed by atoms with Crippen molar-refractivity contribution in [1.82, 2.24) is 0 Å². The number of anilines is 1. The van der Waals surface area contributed by atoms with Crippen molar-refractivity contribution >= 4 is 23.6 Å². The Kier molecular flexibility index (Phi) is 5.57. The molecule has 0 aromatic heterocycles. The van der Waals surface area contributed by atoms with Crippen molar-refractivity contribution in [3.63, 3.8) is 0 Å². The number of amides is 2. The van der Waals surface area contributed by atoms with Gasteiger partial charge in [0, 0.05) is 23.4 Å². The average molecular weight is 326 g/mol. The number of nitrogens with one attached hydrogen (secondary N) is 1. The Balaban J connectivity index is 2.06. The van der Waals surface area contributed by atoms with Gasteiger partial charge in [-0.05, 0) is 48.0 Å². The highest BCUT2D eigenvalue weighted by Gasteiger charge is 2.03. The summed E-state index contributed by atoms with van der Waals surface area (Å²) in [6.07, 6.45) is 3.05. The number of hydrogen-bond acceptors (Lipinski definition) is 4. The molecule has 0 atom stereocenters. The second-order valence-corrected chi connectivity index (χ2v) is 4.91. The summed E-state index contributed by atoms with van der Waals surface area (Å²) in [6, 6.07) is 11.6. The normalized spacial score (nSPS) is 10.4. The molecule has 0 unspecified atom stereocenters. The molecule has 2 aromatic carbocycles. The van der Waals surface area contributed by atoms with E-state index in [4.69, 9.17) is 15.2 Å². The van der Waals surface area contributed by atoms with Gasteiger partial charge in [0.25, 0.3) is 0 Å². The van der Waals surface area contributed by atoms with Gasteiger partial charge in [0.1, 0.15) is 11.5 Å². The first kappa shape index (κ1) is 17.1. The van der Waals surface area contributed by atoms with Crippen molar-refractivity contribution < 1.29 is 19.1 Å². The highest BCUT2D eigenvalue weighted by atomic mass is 16.5. The molecule has 2 rings (SSSR count). The Bertz CT molecular complexity index is 745. The number of carbonyl (C=O) groups excluding carboxylic acids is 2. The lowest BCUT2D eigenvalue weighted by Gasteiger charge is -2.06. The topological polar surface area (TPSA) is 90.6 Å². The van der Waals surface area contributed by atoms with Crippen molar-refractivity contribution in [3.8, 4) is 11.5 Å². The third-order valence-electron chi connectivity index (χ3n) is 3.24. The maximum Gasteiger partial charge on any atom is 0.248 e. The smallest absolute Gasteiger partial charge is 0.248 e. The first-order chi connectivity index (χ1) is 11.5. The number of hydrogen-bond donors (Lipinski definition) is 2. The van der Waals surface area contributed by atoms with Crippen molar-refractivity contribution in [1.29, 1.82) is 0 Å². The van der Waals surface area contributed by atoms with Gasteiger partial charge in [-0.25, -0.2) is 0 Å². The second kappa shape index (κ2) is 7.82. The monoisotopic (exact) mass is 326 g/mol. The molecular formula is C18H18N2O4. The van der Waals surface area contributed by atoms with Crippen LogP contribution < -0.4 is 20.5 Å². The maximum atomic E-state index is 12.0. The summed E-state index contributed by atoms with van der Waals surface area (Å²) in [5.41, 5.74) is 6.88. The molecule has 0 fully saturated rings. The van der Waals surface area contributed by atoms with E-state index in [0.717, 1.165) is 5.56 Å². The van der Waals surface area contributed by atoms with Crippen LogP contribution in [0.1, 0.15) is 15.9 Å². The third kappa shape index (κ3) is 4.61. The number of rotatable bonds is 6. The van der Waals surface area contributed by atoms with Crippen LogP contribution in [-0.2, 0) is 4.79 Å². The lowest BCUT2D eigenvalue weighted by atomic mass is 10.1. The van der Waals surface area contributed by atoms with Crippen LogP contribution in [0.25, 0.3) is 6.08 Å². The minimum Gasteiger partial charge on any atom is -0.497 e. The van der Waals surface area contributed by atoms with Crippen LogP contribution in [0.2, 0.25) is 0 Å². The highest BCUT2D eigenvalue weighted by Crippen LogP contribution is 2.23. The zero-order valence-electron chi connectivity index (χ0n) is 13.4. The number of benzene rings is 2. The molecule has 3 N–H and O–H groups in total. The predicted molar refractivity (Wildman–Crippen MR) is 92.2 cm³/mol. The van der Waals surface area contributed by atoms with Crippen molar-refractivity contribution in [3.05, 3.63) is 59.7 Å². The van der Waals surface area contributed by atoms with E-state index < -0.39 is 5.91 Å². The predicted octanol–water partition coefficient (Wildman–Crippen LogP) is 2.45. The largest absolute Gasteiger partial charge is 0.497 e. The lowest BCUT2D eigenvalue weighted by Crippen LogP contribution is -2.11. The summed E-state index contributed by atoms with van der Waals surface area (Å²) in [4.78, 5) is 23.0. The van der Waals surface area contributed by atoms with Gasteiger partial charge < -0.3 is 20.5 Å². The third-order valence-corrected chi connectivity index (χ3v) is 3.24. The second-order valence-electron chi connectivity index (χ2n) is 4.91. The zero-order chi connectivity index (χ0) is 17.5. The van der Waals surface area contributed by atoms with E-state index in [1.165, 1.54) is 6.08 Å². The van der Waals surface area contributed by atoms with E-state index >= 15 is 0 Å². The summed E-state index contributed by atoms with van der Waals surface area (Å²) < 4.78 is 10.4. The van der Waals surface area contributed by atoms with Gasteiger partial charge in [0.05, 0.1) is 14.2 Å². The van der Waals surface area contributed by atoms with Gasteiger partial charge in [-0.1, -0.05) is 0 Å². The Morgan fingerprint density at radius 2 is 1.58 bits per heavy atom. The van der Waals surface area contributed by atoms with Gasteiger partial charge in [0.15, 0.2) is 0 Å². The van der Waals surface area contributed by atoms with Crippen LogP contribution in [0.4, 0.5) is 5.69 Å². The number of carbonyl (C=O) groups is 2. The lowest BCUT2D eigenvalue weighted by molar-refractivity contribution is -0.111. The fourth-order valence-corrected chi connectivity index (χ4v) is 2.00. The summed E-state index contributed by atoms with van der Waals surface area (Å²) in [7, 11) is 3.12. The zero-order valence-corrected chi connectivity index (χ0v) is 13.4. The molecule has 0 aliphatic rings. The maximum absolute atomic E-state index is 12.0. The molecule has 0 heterocycles. The molecule has 0 radical (unpaired) electrons. The Morgan fingerprint density at radius 1 is 1.00 bits per heavy atom. The first-order valence-corrected chi connectivity index (χ1v) is 7.14.